The Morgan fingerprint density at radius 1 is 0.692 bits per heavy atom. The lowest BCUT2D eigenvalue weighted by Crippen LogP contribution is -2.61. The van der Waals surface area contributed by atoms with Crippen molar-refractivity contribution < 1.29 is 68.4 Å². The summed E-state index contributed by atoms with van der Waals surface area (Å²) in [6.45, 7) is 1.15. The number of fused-ring (bicyclic) bond motifs is 1. The smallest absolute Gasteiger partial charge is 0.326 e. The minimum Gasteiger partial charge on any atom is -0.481 e. The number of nitrogens with two attached hydrogens (primary N) is 4. The lowest BCUT2D eigenvalue weighted by atomic mass is 10.0. The molecule has 27 heteroatoms. The van der Waals surface area contributed by atoms with Gasteiger partial charge in [0.25, 0.3) is 0 Å². The molecule has 1 aromatic heterocycles. The highest BCUT2D eigenvalue weighted by molar-refractivity contribution is 7.98. The van der Waals surface area contributed by atoms with Gasteiger partial charge < -0.3 is 80.2 Å². The van der Waals surface area contributed by atoms with Crippen molar-refractivity contribution in [3.05, 3.63) is 36.0 Å². The quantitative estimate of drug-likeness (QED) is 0.0206. The number of thioether (sulfide) groups is 1. The first-order valence-corrected chi connectivity index (χ1v) is 21.2. The largest absolute Gasteiger partial charge is 0.481 e. The number of carboxylic acid groups (broad SMARTS) is 3. The van der Waals surface area contributed by atoms with Crippen LogP contribution in [-0.2, 0) is 54.4 Å². The highest BCUT2D eigenvalue weighted by atomic mass is 32.2. The Morgan fingerprint density at radius 2 is 1.20 bits per heavy atom. The number of amides is 7. The predicted octanol–water partition coefficient (Wildman–Crippen LogP) is -4.96. The third-order valence-electron chi connectivity index (χ3n) is 9.38. The summed E-state index contributed by atoms with van der Waals surface area (Å²) in [7, 11) is 0. The number of hydrogen-bond acceptors (Lipinski definition) is 14. The zero-order chi connectivity index (χ0) is 49.0. The number of aliphatic hydroxyl groups excluding tert-OH is 1. The van der Waals surface area contributed by atoms with Crippen LogP contribution in [0.3, 0.4) is 0 Å². The van der Waals surface area contributed by atoms with Gasteiger partial charge in [-0.2, -0.15) is 11.8 Å². The average molecular weight is 937 g/mol. The summed E-state index contributed by atoms with van der Waals surface area (Å²) < 4.78 is 0. The second-order valence-corrected chi connectivity index (χ2v) is 15.6. The molecule has 19 N–H and O–H groups in total. The van der Waals surface area contributed by atoms with Crippen LogP contribution in [0.2, 0.25) is 0 Å². The molecule has 65 heavy (non-hydrogen) atoms. The van der Waals surface area contributed by atoms with Gasteiger partial charge in [-0.3, -0.25) is 48.1 Å². The highest BCUT2D eigenvalue weighted by Crippen LogP contribution is 2.19. The molecule has 0 bridgehead atoms. The number of benzene rings is 1. The van der Waals surface area contributed by atoms with E-state index in [4.69, 9.17) is 22.9 Å². The Hall–Kier alpha value is -7.00. The molecule has 2 aromatic rings. The third-order valence-corrected chi connectivity index (χ3v) is 10.0. The summed E-state index contributed by atoms with van der Waals surface area (Å²) in [6, 6.07) is -4.84. The van der Waals surface area contributed by atoms with E-state index in [1.54, 1.807) is 36.7 Å². The molecule has 1 aromatic carbocycles. The molecule has 0 radical (unpaired) electrons. The van der Waals surface area contributed by atoms with Crippen molar-refractivity contribution in [3.8, 4) is 0 Å². The van der Waals surface area contributed by atoms with E-state index in [2.05, 4.69) is 36.6 Å². The zero-order valence-electron chi connectivity index (χ0n) is 35.4. The van der Waals surface area contributed by atoms with Crippen LogP contribution in [-0.4, -0.2) is 158 Å². The predicted molar refractivity (Wildman–Crippen MR) is 232 cm³/mol. The Labute approximate surface area is 375 Å². The number of aromatic nitrogens is 1. The van der Waals surface area contributed by atoms with Crippen molar-refractivity contribution in [1.82, 2.24) is 36.9 Å². The molecule has 0 unspecified atom stereocenters. The van der Waals surface area contributed by atoms with Gasteiger partial charge in [0.15, 0.2) is 5.96 Å². The number of aliphatic imine (C=N–C) groups is 1. The van der Waals surface area contributed by atoms with Crippen LogP contribution in [0.15, 0.2) is 35.5 Å². The van der Waals surface area contributed by atoms with Crippen LogP contribution in [0.1, 0.15) is 51.0 Å². The molecule has 7 amide bonds. The molecule has 0 saturated heterocycles. The summed E-state index contributed by atoms with van der Waals surface area (Å²) in [5.74, 6) is -13.0. The van der Waals surface area contributed by atoms with E-state index in [-0.39, 0.29) is 43.9 Å². The van der Waals surface area contributed by atoms with E-state index in [9.17, 15) is 68.4 Å². The number of nitrogens with one attached hydrogen (secondary N) is 7. The number of aliphatic carboxylic acids is 3. The van der Waals surface area contributed by atoms with Crippen molar-refractivity contribution in [2.24, 2.45) is 27.9 Å². The maximum atomic E-state index is 13.6. The minimum atomic E-state index is -2.06. The van der Waals surface area contributed by atoms with Gasteiger partial charge in [0.05, 0.1) is 31.4 Å². The molecule has 8 atom stereocenters. The average Bonchev–Trinajstić information content (AvgIpc) is 3.62. The van der Waals surface area contributed by atoms with Crippen molar-refractivity contribution in [1.29, 1.82) is 0 Å². The molecule has 0 aliphatic carbocycles. The molecular weight excluding hydrogens is 881 g/mol. The topological polar surface area (TPSA) is 456 Å². The summed E-state index contributed by atoms with van der Waals surface area (Å²) >= 11 is 1.21. The van der Waals surface area contributed by atoms with E-state index in [1.165, 1.54) is 11.8 Å². The summed E-state index contributed by atoms with van der Waals surface area (Å²) in [5.41, 5.74) is 23.4. The SMILES string of the molecule is CSCC[C@H](NC(=O)[C@H](CC(=O)O)NC(=O)[C@H](CC(=O)O)NC(=O)[C@H](CC(N)=O)NC(=O)[C@@H](N)Cc1c[nH]c2ccccc12)C(=O)N[C@H](C(=O)N[C@@H](CCCN=C(N)N)C(=O)O)[C@@H](C)O. The van der Waals surface area contributed by atoms with Crippen molar-refractivity contribution in [2.45, 2.75) is 100 Å². The lowest BCUT2D eigenvalue weighted by molar-refractivity contribution is -0.144. The zero-order valence-corrected chi connectivity index (χ0v) is 36.2. The fraction of sp³-hybridized carbons (Fsp3) is 0.500. The number of carbonyl (C=O) groups excluding carboxylic acids is 7. The van der Waals surface area contributed by atoms with Crippen LogP contribution in [0, 0.1) is 0 Å². The number of carboxylic acids is 3. The summed E-state index contributed by atoms with van der Waals surface area (Å²) in [5, 5.41) is 53.1. The monoisotopic (exact) mass is 936 g/mol. The van der Waals surface area contributed by atoms with Crippen LogP contribution in [0.4, 0.5) is 0 Å². The molecule has 0 saturated carbocycles. The van der Waals surface area contributed by atoms with Crippen LogP contribution >= 0.6 is 11.8 Å². The van der Waals surface area contributed by atoms with E-state index >= 15 is 0 Å². The number of guanidine groups is 1. The van der Waals surface area contributed by atoms with E-state index in [0.29, 0.717) is 5.56 Å². The van der Waals surface area contributed by atoms with Gasteiger partial charge in [-0.15, -0.1) is 0 Å². The maximum absolute atomic E-state index is 13.6. The number of hydrogen-bond donors (Lipinski definition) is 15. The summed E-state index contributed by atoms with van der Waals surface area (Å²) in [4.78, 5) is 135. The third kappa shape index (κ3) is 18.7. The van der Waals surface area contributed by atoms with Crippen LogP contribution < -0.4 is 54.8 Å². The van der Waals surface area contributed by atoms with Crippen molar-refractivity contribution >= 4 is 87.9 Å². The number of nitrogens with zero attached hydrogens (tertiary/aromatic N) is 1. The first-order valence-electron chi connectivity index (χ1n) is 19.8. The minimum absolute atomic E-state index is 0.0229. The molecule has 358 valence electrons. The van der Waals surface area contributed by atoms with Crippen molar-refractivity contribution in [2.75, 3.05) is 18.6 Å². The Balaban J connectivity index is 2.26. The molecule has 1 heterocycles. The fourth-order valence-electron chi connectivity index (χ4n) is 6.09. The van der Waals surface area contributed by atoms with Gasteiger partial charge in [-0.25, -0.2) is 4.79 Å². The molecule has 0 fully saturated rings. The first-order chi connectivity index (χ1) is 30.5. The Bertz CT molecular complexity index is 2080. The van der Waals surface area contributed by atoms with Gasteiger partial charge >= 0.3 is 17.9 Å². The Kier molecular flexibility index (Phi) is 22.1. The molecule has 0 aliphatic heterocycles. The number of para-hydroxylation sites is 1. The maximum Gasteiger partial charge on any atom is 0.326 e. The standard InChI is InChI=1S/C38H56N12O14S/c1-17(51)30(36(62)46-23(37(63)64)8-5-10-43-38(41)42)50-32(58)22(9-11-65-2)45-34(60)25(14-28(53)54)49-35(61)26(15-29(55)56)48-33(59)24(13-27(40)52)47-31(57)20(39)12-18-16-44-21-7-4-3-6-19(18)21/h3-4,6-7,16-17,20,22-26,30,44,51H,5,8-15,39H2,1-2H3,(H2,40,52)(H,45,60)(H,46,62)(H,47,57)(H,48,59)(H,49,61)(H,50,58)(H,53,54)(H,55,56)(H,63,64)(H4,41,42,43)/t17-,20+,22+,23+,24+,25+,26+,30+/m1/s1. The van der Waals surface area contributed by atoms with Crippen molar-refractivity contribution in [3.63, 3.8) is 0 Å². The van der Waals surface area contributed by atoms with Gasteiger partial charge in [-0.1, -0.05) is 18.2 Å². The van der Waals surface area contributed by atoms with Crippen LogP contribution in [0.25, 0.3) is 10.9 Å². The number of rotatable bonds is 29. The second-order valence-electron chi connectivity index (χ2n) is 14.6. The van der Waals surface area contributed by atoms with Gasteiger partial charge in [0.1, 0.15) is 36.3 Å². The highest BCUT2D eigenvalue weighted by Gasteiger charge is 2.36. The normalized spacial score (nSPS) is 14.6. The molecular formula is C38H56N12O14S. The van der Waals surface area contributed by atoms with Gasteiger partial charge in [-0.05, 0) is 56.2 Å². The number of primary amides is 1. The molecule has 26 nitrogen and oxygen atoms in total. The lowest BCUT2D eigenvalue weighted by Gasteiger charge is -2.27. The Morgan fingerprint density at radius 3 is 1.71 bits per heavy atom. The van der Waals surface area contributed by atoms with E-state index in [1.807, 2.05) is 5.32 Å². The molecule has 2 rings (SSSR count). The van der Waals surface area contributed by atoms with Gasteiger partial charge in [0, 0.05) is 23.6 Å². The molecule has 0 spiro atoms. The van der Waals surface area contributed by atoms with Gasteiger partial charge in [0.2, 0.25) is 41.4 Å². The second kappa shape index (κ2) is 26.6. The molecule has 0 aliphatic rings. The van der Waals surface area contributed by atoms with E-state index < -0.39 is 127 Å². The summed E-state index contributed by atoms with van der Waals surface area (Å²) in [6.07, 6.45) is -1.69. The number of carbonyl (C=O) groups is 10. The fourth-order valence-corrected chi connectivity index (χ4v) is 6.56. The van der Waals surface area contributed by atoms with E-state index in [0.717, 1.165) is 17.8 Å². The number of aromatic amines is 1. The van der Waals surface area contributed by atoms with Crippen LogP contribution in [0.5, 0.6) is 0 Å². The number of H-pyrrole nitrogens is 1. The number of aliphatic hydroxyl groups is 1. The first kappa shape index (κ1) is 54.1.